The van der Waals surface area contributed by atoms with Crippen LogP contribution in [0.5, 0.6) is 5.75 Å². The Labute approximate surface area is 320 Å². The largest absolute Gasteiger partial charge is 0.507 e. The number of carbonyl (C=O) groups is 2. The molecule has 2 heterocycles. The van der Waals surface area contributed by atoms with E-state index in [0.29, 0.717) is 41.4 Å². The van der Waals surface area contributed by atoms with Gasteiger partial charge in [0.2, 0.25) is 6.10 Å². The van der Waals surface area contributed by atoms with Crippen LogP contribution in [0.1, 0.15) is 59.1 Å². The minimum Gasteiger partial charge on any atom is -0.507 e. The average Bonchev–Trinajstić information content (AvgIpc) is 3.84. The van der Waals surface area contributed by atoms with Crippen molar-refractivity contribution < 1.29 is 28.7 Å². The van der Waals surface area contributed by atoms with Crippen LogP contribution < -0.4 is 9.80 Å². The molecule has 284 valence electrons. The number of halogens is 1. The van der Waals surface area contributed by atoms with Crippen LogP contribution in [-0.2, 0) is 19.2 Å². The Hall–Kier alpha value is -6.23. The van der Waals surface area contributed by atoms with Crippen molar-refractivity contribution in [3.05, 3.63) is 114 Å². The number of nitrogens with zero attached hydrogens (tertiary/aromatic N) is 4. The Balaban J connectivity index is 1.29. The van der Waals surface area contributed by atoms with Crippen molar-refractivity contribution in [1.82, 2.24) is 9.97 Å². The van der Waals surface area contributed by atoms with Crippen molar-refractivity contribution in [2.24, 2.45) is 5.16 Å². The molecule has 55 heavy (non-hydrogen) atoms. The first-order valence-corrected chi connectivity index (χ1v) is 18.5. The molecule has 0 spiro atoms. The van der Waals surface area contributed by atoms with Gasteiger partial charge in [-0.15, -0.1) is 0 Å². The van der Waals surface area contributed by atoms with Gasteiger partial charge < -0.3 is 29.5 Å². The monoisotopic (exact) mass is 743 g/mol. The van der Waals surface area contributed by atoms with Crippen LogP contribution in [0.2, 0.25) is 0 Å². The van der Waals surface area contributed by atoms with E-state index in [-0.39, 0.29) is 17.5 Å². The molecule has 4 aromatic carbocycles. The highest BCUT2D eigenvalue weighted by Gasteiger charge is 2.33. The van der Waals surface area contributed by atoms with Gasteiger partial charge in [0.1, 0.15) is 23.0 Å². The third kappa shape index (κ3) is 8.95. The Morgan fingerprint density at radius 1 is 0.891 bits per heavy atom. The summed E-state index contributed by atoms with van der Waals surface area (Å²) in [7, 11) is 0. The first-order chi connectivity index (χ1) is 26.4. The van der Waals surface area contributed by atoms with Gasteiger partial charge in [0.05, 0.1) is 22.7 Å². The number of imidazole rings is 1. The van der Waals surface area contributed by atoms with E-state index in [1.54, 1.807) is 29.2 Å². The summed E-state index contributed by atoms with van der Waals surface area (Å²) in [6.45, 7) is 13.5. The normalized spacial score (nSPS) is 14.1. The summed E-state index contributed by atoms with van der Waals surface area (Å²) in [6.07, 6.45) is 2.74. The van der Waals surface area contributed by atoms with Crippen LogP contribution in [0.4, 0.5) is 15.8 Å². The second kappa shape index (κ2) is 16.4. The number of oxime groups is 1. The van der Waals surface area contributed by atoms with Crippen molar-refractivity contribution in [3.63, 3.8) is 0 Å². The lowest BCUT2D eigenvalue weighted by Gasteiger charge is -2.21. The maximum absolute atomic E-state index is 13.5. The van der Waals surface area contributed by atoms with E-state index in [0.717, 1.165) is 46.7 Å². The van der Waals surface area contributed by atoms with Gasteiger partial charge in [0.25, 0.3) is 5.91 Å². The number of likely N-dealkylation sites (N-methyl/N-ethyl adjacent to an activating group) is 1. The quantitative estimate of drug-likeness (QED) is 0.0967. The second-order valence-corrected chi connectivity index (χ2v) is 14.1. The number of nitrogens with one attached hydrogen (secondary N) is 1. The summed E-state index contributed by atoms with van der Waals surface area (Å²) in [6, 6.07) is 26.9. The van der Waals surface area contributed by atoms with E-state index in [2.05, 4.69) is 28.9 Å². The maximum atomic E-state index is 13.5. The Bertz CT molecular complexity index is 2200. The molecule has 1 aliphatic heterocycles. The summed E-state index contributed by atoms with van der Waals surface area (Å²) in [5, 5.41) is 15.4. The number of phenolic OH excluding ortho intramolecular Hbond substituents is 1. The highest BCUT2D eigenvalue weighted by Crippen LogP contribution is 2.37. The molecule has 6 rings (SSSR count). The molecule has 1 unspecified atom stereocenters. The Morgan fingerprint density at radius 2 is 1.53 bits per heavy atom. The molecule has 0 fully saturated rings. The van der Waals surface area contributed by atoms with Gasteiger partial charge in [-0.05, 0) is 95.1 Å². The van der Waals surface area contributed by atoms with Crippen molar-refractivity contribution in [1.29, 1.82) is 0 Å². The van der Waals surface area contributed by atoms with Gasteiger partial charge in [0.15, 0.2) is 0 Å². The van der Waals surface area contributed by atoms with E-state index >= 15 is 0 Å². The van der Waals surface area contributed by atoms with Gasteiger partial charge in [-0.1, -0.05) is 53.7 Å². The van der Waals surface area contributed by atoms with Crippen LogP contribution in [-0.4, -0.2) is 64.0 Å². The third-order valence-corrected chi connectivity index (χ3v) is 9.24. The van der Waals surface area contributed by atoms with Crippen molar-refractivity contribution in [3.8, 4) is 39.7 Å². The Morgan fingerprint density at radius 3 is 2.15 bits per heavy atom. The van der Waals surface area contributed by atoms with E-state index in [9.17, 15) is 19.1 Å². The Kier molecular flexibility index (Phi) is 11.5. The minimum absolute atomic E-state index is 0.109. The molecule has 1 aliphatic rings. The number of hydrogen-bond acceptors (Lipinski definition) is 8. The highest BCUT2D eigenvalue weighted by molar-refractivity contribution is 6.04. The van der Waals surface area contributed by atoms with Crippen LogP contribution in [0, 0.1) is 5.82 Å². The molecule has 0 radical (unpaired) electrons. The molecule has 1 amide bonds. The van der Waals surface area contributed by atoms with E-state index in [1.165, 1.54) is 18.2 Å². The van der Waals surface area contributed by atoms with Gasteiger partial charge in [-0.2, -0.15) is 0 Å². The van der Waals surface area contributed by atoms with E-state index in [1.807, 2.05) is 88.4 Å². The number of aromatic nitrogens is 2. The number of carbonyl (C=O) groups excluding carboxylic acids is 2. The number of benzene rings is 4. The first kappa shape index (κ1) is 38.5. The number of anilines is 2. The zero-order valence-corrected chi connectivity index (χ0v) is 32.0. The summed E-state index contributed by atoms with van der Waals surface area (Å²) < 4.78 is 18.9. The minimum atomic E-state index is -0.800. The van der Waals surface area contributed by atoms with Gasteiger partial charge in [-0.25, -0.2) is 14.2 Å². The number of phenols is 1. The smallest absolute Gasteiger partial charge is 0.351 e. The van der Waals surface area contributed by atoms with Gasteiger partial charge in [0, 0.05) is 60.7 Å². The summed E-state index contributed by atoms with van der Waals surface area (Å²) in [4.78, 5) is 43.3. The van der Waals surface area contributed by atoms with Crippen molar-refractivity contribution in [2.75, 3.05) is 29.4 Å². The number of aromatic hydroxyl groups is 1. The fraction of sp³-hybridized carbons (Fsp3) is 0.273. The van der Waals surface area contributed by atoms with Crippen LogP contribution in [0.3, 0.4) is 0 Å². The predicted octanol–water partition coefficient (Wildman–Crippen LogP) is 9.00. The SMILES string of the molecule is CCN(CC)c1ccc(-c2nc(-c3ccc(C4=NOC(C(=O)OC(C)(C)C)C4)cc3)c(-c3ccc(C=CC(=O)N(CC)c4ccc(F)cc4)cc3)[nH]2)c(O)c1. The van der Waals surface area contributed by atoms with Crippen LogP contribution in [0.15, 0.2) is 102 Å². The molecule has 1 atom stereocenters. The zero-order valence-electron chi connectivity index (χ0n) is 32.0. The number of hydrogen-bond donors (Lipinski definition) is 2. The molecular formula is C44H46FN5O5. The average molecular weight is 744 g/mol. The molecule has 11 heteroatoms. The van der Waals surface area contributed by atoms with Gasteiger partial charge in [-0.3, -0.25) is 4.79 Å². The molecule has 0 saturated heterocycles. The molecule has 0 aliphatic carbocycles. The van der Waals surface area contributed by atoms with E-state index < -0.39 is 17.7 Å². The molecule has 0 bridgehead atoms. The van der Waals surface area contributed by atoms with Crippen LogP contribution in [0.25, 0.3) is 40.0 Å². The van der Waals surface area contributed by atoms with Crippen molar-refractivity contribution in [2.45, 2.75) is 59.7 Å². The zero-order chi connectivity index (χ0) is 39.3. The number of aromatic amines is 1. The lowest BCUT2D eigenvalue weighted by Crippen LogP contribution is -2.32. The number of ether oxygens (including phenoxy) is 1. The van der Waals surface area contributed by atoms with E-state index in [4.69, 9.17) is 14.6 Å². The first-order valence-electron chi connectivity index (χ1n) is 18.5. The highest BCUT2D eigenvalue weighted by atomic mass is 19.1. The second-order valence-electron chi connectivity index (χ2n) is 14.1. The molecule has 10 nitrogen and oxygen atoms in total. The third-order valence-electron chi connectivity index (χ3n) is 9.24. The number of H-pyrrole nitrogens is 1. The predicted molar refractivity (Wildman–Crippen MR) is 215 cm³/mol. The number of rotatable bonds is 12. The maximum Gasteiger partial charge on any atom is 0.351 e. The fourth-order valence-electron chi connectivity index (χ4n) is 6.39. The molecule has 2 N–H and O–H groups in total. The number of amides is 1. The molecule has 1 aromatic heterocycles. The molecule has 0 saturated carbocycles. The lowest BCUT2D eigenvalue weighted by atomic mass is 10.00. The standard InChI is InChI=1S/C44H46FN5O5/c1-7-49(8-2)34-23-24-35(37(51)26-34)42-46-40(30-13-10-28(11-14-30)12-25-39(52)50(9-3)33-21-19-32(45)20-22-33)41(47-42)31-17-15-29(16-18-31)36-27-38(55-48-36)43(53)54-44(4,5)6/h10-26,38,51H,7-9,27H2,1-6H3,(H,46,47). The number of esters is 1. The van der Waals surface area contributed by atoms with Crippen molar-refractivity contribution >= 4 is 35.0 Å². The molecular weight excluding hydrogens is 698 g/mol. The van der Waals surface area contributed by atoms with Gasteiger partial charge >= 0.3 is 5.97 Å². The fourth-order valence-corrected chi connectivity index (χ4v) is 6.39. The lowest BCUT2D eigenvalue weighted by molar-refractivity contribution is -0.166. The summed E-state index contributed by atoms with van der Waals surface area (Å²) in [5.41, 5.74) is 6.80. The van der Waals surface area contributed by atoms with Crippen LogP contribution >= 0.6 is 0 Å². The molecule has 5 aromatic rings. The summed E-state index contributed by atoms with van der Waals surface area (Å²) >= 11 is 0. The summed E-state index contributed by atoms with van der Waals surface area (Å²) in [5.74, 6) is -0.421. The topological polar surface area (TPSA) is 120 Å².